The molecule has 0 fully saturated rings. The second kappa shape index (κ2) is 5.65. The fraction of sp³-hybridized carbons (Fsp3) is 0.214. The lowest BCUT2D eigenvalue weighted by Gasteiger charge is -2.07. The summed E-state index contributed by atoms with van der Waals surface area (Å²) >= 11 is 5.92. The summed E-state index contributed by atoms with van der Waals surface area (Å²) < 4.78 is 14.5. The van der Waals surface area contributed by atoms with E-state index < -0.39 is 0 Å². The van der Waals surface area contributed by atoms with E-state index >= 15 is 0 Å². The molecule has 21 heavy (non-hydrogen) atoms. The van der Waals surface area contributed by atoms with Crippen LogP contribution in [0.3, 0.4) is 0 Å². The smallest absolute Gasteiger partial charge is 0.226 e. The van der Waals surface area contributed by atoms with Gasteiger partial charge >= 0.3 is 0 Å². The van der Waals surface area contributed by atoms with Crippen LogP contribution in [0.5, 0.6) is 0 Å². The van der Waals surface area contributed by atoms with Gasteiger partial charge in [-0.3, -0.25) is 4.68 Å². The number of anilines is 1. The number of rotatable bonds is 4. The number of aryl methyl sites for hydroxylation is 1. The molecule has 108 valence electrons. The maximum Gasteiger partial charge on any atom is 0.226 e. The Morgan fingerprint density at radius 1 is 1.24 bits per heavy atom. The Kier molecular flexibility index (Phi) is 3.70. The highest BCUT2D eigenvalue weighted by Crippen LogP contribution is 2.21. The van der Waals surface area contributed by atoms with Gasteiger partial charge < -0.3 is 5.32 Å². The van der Waals surface area contributed by atoms with E-state index in [1.165, 1.54) is 12.1 Å². The number of benzene rings is 1. The van der Waals surface area contributed by atoms with Gasteiger partial charge in [0.15, 0.2) is 5.65 Å². The first kappa shape index (κ1) is 13.8. The molecule has 0 saturated carbocycles. The van der Waals surface area contributed by atoms with E-state index in [1.807, 2.05) is 0 Å². The van der Waals surface area contributed by atoms with Crippen molar-refractivity contribution >= 4 is 28.5 Å². The largest absolute Gasteiger partial charge is 0.369 e. The fourth-order valence-electron chi connectivity index (χ4n) is 2.11. The van der Waals surface area contributed by atoms with E-state index in [9.17, 15) is 4.39 Å². The Morgan fingerprint density at radius 2 is 2.00 bits per heavy atom. The Morgan fingerprint density at radius 3 is 2.76 bits per heavy atom. The van der Waals surface area contributed by atoms with Crippen LogP contribution in [0.1, 0.15) is 5.56 Å². The lowest BCUT2D eigenvalue weighted by atomic mass is 10.1. The number of halogens is 2. The van der Waals surface area contributed by atoms with Gasteiger partial charge in [0.05, 0.1) is 11.6 Å². The third kappa shape index (κ3) is 2.95. The molecule has 2 aromatic heterocycles. The third-order valence-corrected chi connectivity index (χ3v) is 3.35. The topological polar surface area (TPSA) is 55.6 Å². The predicted molar refractivity (Wildman–Crippen MR) is 79.9 cm³/mol. The molecular weight excluding hydrogens is 293 g/mol. The minimum Gasteiger partial charge on any atom is -0.369 e. The van der Waals surface area contributed by atoms with Gasteiger partial charge in [-0.05, 0) is 35.7 Å². The quantitative estimate of drug-likeness (QED) is 0.753. The zero-order chi connectivity index (χ0) is 14.8. The van der Waals surface area contributed by atoms with Gasteiger partial charge in [-0.25, -0.2) is 4.39 Å². The molecule has 0 amide bonds. The zero-order valence-electron chi connectivity index (χ0n) is 11.3. The highest BCUT2D eigenvalue weighted by Gasteiger charge is 2.10. The van der Waals surface area contributed by atoms with Crippen LogP contribution in [0.2, 0.25) is 5.28 Å². The number of nitrogens with one attached hydrogen (secondary N) is 1. The average Bonchev–Trinajstić information content (AvgIpc) is 2.83. The van der Waals surface area contributed by atoms with Gasteiger partial charge in [0.1, 0.15) is 11.6 Å². The minimum absolute atomic E-state index is 0.176. The Bertz CT molecular complexity index is 769. The van der Waals surface area contributed by atoms with Crippen molar-refractivity contribution in [3.63, 3.8) is 0 Å². The molecule has 0 aliphatic rings. The lowest BCUT2D eigenvalue weighted by Crippen LogP contribution is -2.07. The van der Waals surface area contributed by atoms with E-state index in [2.05, 4.69) is 20.4 Å². The molecule has 1 N–H and O–H groups in total. The van der Waals surface area contributed by atoms with Crippen LogP contribution in [-0.2, 0) is 13.5 Å². The number of aromatic nitrogens is 4. The summed E-state index contributed by atoms with van der Waals surface area (Å²) in [6, 6.07) is 6.44. The molecule has 0 bridgehead atoms. The van der Waals surface area contributed by atoms with Gasteiger partial charge in [-0.2, -0.15) is 15.1 Å². The minimum atomic E-state index is -0.230. The average molecular weight is 306 g/mol. The lowest BCUT2D eigenvalue weighted by molar-refractivity contribution is 0.627. The Labute approximate surface area is 125 Å². The van der Waals surface area contributed by atoms with Crippen LogP contribution >= 0.6 is 11.6 Å². The first-order chi connectivity index (χ1) is 10.1. The molecule has 0 atom stereocenters. The summed E-state index contributed by atoms with van der Waals surface area (Å²) in [5, 5.41) is 8.37. The normalized spacial score (nSPS) is 11.0. The number of hydrogen-bond donors (Lipinski definition) is 1. The van der Waals surface area contributed by atoms with Crippen LogP contribution in [0.15, 0.2) is 30.5 Å². The van der Waals surface area contributed by atoms with Crippen LogP contribution in [0.4, 0.5) is 10.2 Å². The van der Waals surface area contributed by atoms with Crippen LogP contribution < -0.4 is 5.32 Å². The summed E-state index contributed by atoms with van der Waals surface area (Å²) in [6.07, 6.45) is 2.45. The van der Waals surface area contributed by atoms with Crippen molar-refractivity contribution in [2.45, 2.75) is 6.42 Å². The summed E-state index contributed by atoms with van der Waals surface area (Å²) in [6.45, 7) is 0.656. The number of fused-ring (bicyclic) bond motifs is 1. The summed E-state index contributed by atoms with van der Waals surface area (Å²) in [4.78, 5) is 8.33. The summed E-state index contributed by atoms with van der Waals surface area (Å²) in [5.41, 5.74) is 1.73. The molecule has 0 radical (unpaired) electrons. The van der Waals surface area contributed by atoms with E-state index in [0.29, 0.717) is 18.0 Å². The molecule has 5 nitrogen and oxygen atoms in total. The zero-order valence-corrected chi connectivity index (χ0v) is 12.1. The van der Waals surface area contributed by atoms with Crippen molar-refractivity contribution in [3.8, 4) is 0 Å². The first-order valence-electron chi connectivity index (χ1n) is 6.47. The van der Waals surface area contributed by atoms with Crippen LogP contribution in [0, 0.1) is 5.82 Å². The van der Waals surface area contributed by atoms with Crippen molar-refractivity contribution in [3.05, 3.63) is 47.1 Å². The summed E-state index contributed by atoms with van der Waals surface area (Å²) in [7, 11) is 1.80. The van der Waals surface area contributed by atoms with E-state index in [1.54, 1.807) is 30.1 Å². The fourth-order valence-corrected chi connectivity index (χ4v) is 2.27. The van der Waals surface area contributed by atoms with Crippen molar-refractivity contribution in [1.82, 2.24) is 19.7 Å². The second-order valence-corrected chi connectivity index (χ2v) is 4.99. The van der Waals surface area contributed by atoms with Gasteiger partial charge in [0.2, 0.25) is 5.28 Å². The van der Waals surface area contributed by atoms with E-state index in [0.717, 1.165) is 17.4 Å². The van der Waals surface area contributed by atoms with Crippen molar-refractivity contribution in [2.75, 3.05) is 11.9 Å². The van der Waals surface area contributed by atoms with Crippen molar-refractivity contribution < 1.29 is 4.39 Å². The SMILES string of the molecule is Cn1ncc2c(NCCc3ccc(F)cc3)nc(Cl)nc21. The highest BCUT2D eigenvalue weighted by atomic mass is 35.5. The summed E-state index contributed by atoms with van der Waals surface area (Å²) in [5.74, 6) is 0.423. The number of nitrogens with zero attached hydrogens (tertiary/aromatic N) is 4. The Hall–Kier alpha value is -2.21. The van der Waals surface area contributed by atoms with Gasteiger partial charge in [0, 0.05) is 13.6 Å². The molecule has 0 aliphatic carbocycles. The first-order valence-corrected chi connectivity index (χ1v) is 6.85. The van der Waals surface area contributed by atoms with Gasteiger partial charge in [-0.15, -0.1) is 0 Å². The molecule has 0 aliphatic heterocycles. The van der Waals surface area contributed by atoms with Gasteiger partial charge in [0.25, 0.3) is 0 Å². The third-order valence-electron chi connectivity index (χ3n) is 3.18. The van der Waals surface area contributed by atoms with Crippen LogP contribution in [-0.4, -0.2) is 26.3 Å². The van der Waals surface area contributed by atoms with E-state index in [4.69, 9.17) is 11.6 Å². The maximum absolute atomic E-state index is 12.8. The molecule has 0 spiro atoms. The second-order valence-electron chi connectivity index (χ2n) is 4.65. The molecular formula is C14H13ClFN5. The standard InChI is InChI=1S/C14H13ClFN5/c1-21-13-11(8-18-21)12(19-14(15)20-13)17-7-6-9-2-4-10(16)5-3-9/h2-5,8H,6-7H2,1H3,(H,17,19,20). The van der Waals surface area contributed by atoms with E-state index in [-0.39, 0.29) is 11.1 Å². The maximum atomic E-state index is 12.8. The molecule has 1 aromatic carbocycles. The highest BCUT2D eigenvalue weighted by molar-refractivity contribution is 6.28. The Balaban J connectivity index is 1.74. The van der Waals surface area contributed by atoms with Crippen molar-refractivity contribution in [1.29, 1.82) is 0 Å². The molecule has 3 rings (SSSR count). The molecule has 0 saturated heterocycles. The molecule has 0 unspecified atom stereocenters. The molecule has 7 heteroatoms. The van der Waals surface area contributed by atoms with Crippen LogP contribution in [0.25, 0.3) is 11.0 Å². The monoisotopic (exact) mass is 305 g/mol. The van der Waals surface area contributed by atoms with Crippen molar-refractivity contribution in [2.24, 2.45) is 7.05 Å². The number of hydrogen-bond acceptors (Lipinski definition) is 4. The molecule has 3 aromatic rings. The predicted octanol–water partition coefficient (Wildman–Crippen LogP) is 2.81. The van der Waals surface area contributed by atoms with Gasteiger partial charge in [-0.1, -0.05) is 12.1 Å². The molecule has 2 heterocycles.